The van der Waals surface area contributed by atoms with Gasteiger partial charge in [0.2, 0.25) is 0 Å². The van der Waals surface area contributed by atoms with Crippen molar-refractivity contribution in [3.63, 3.8) is 0 Å². The Hall–Kier alpha value is -3.22. The summed E-state index contributed by atoms with van der Waals surface area (Å²) in [6.45, 7) is 0. The number of aromatic amines is 2. The standard InChI is InChI=1S/C15H11N5O2/c21-20(22)12-7-3-6-11-15(12)19-14(18-11)8-13-16-9-4-1-2-5-10(9)17-13/h1-7H,8H2,(H,16,17)(H,18,19). The van der Waals surface area contributed by atoms with E-state index in [9.17, 15) is 10.1 Å². The predicted molar refractivity (Wildman–Crippen MR) is 81.6 cm³/mol. The second-order valence-corrected chi connectivity index (χ2v) is 4.99. The van der Waals surface area contributed by atoms with Gasteiger partial charge in [0.25, 0.3) is 5.69 Å². The number of imidazole rings is 2. The second-order valence-electron chi connectivity index (χ2n) is 4.99. The van der Waals surface area contributed by atoms with Gasteiger partial charge in [0.1, 0.15) is 11.6 Å². The first-order valence-electron chi connectivity index (χ1n) is 6.76. The van der Waals surface area contributed by atoms with Gasteiger partial charge < -0.3 is 9.97 Å². The van der Waals surface area contributed by atoms with E-state index in [4.69, 9.17) is 0 Å². The van der Waals surface area contributed by atoms with E-state index in [2.05, 4.69) is 19.9 Å². The first-order chi connectivity index (χ1) is 10.7. The molecule has 0 atom stereocenters. The molecule has 0 fully saturated rings. The molecule has 2 aromatic carbocycles. The summed E-state index contributed by atoms with van der Waals surface area (Å²) >= 11 is 0. The fourth-order valence-corrected chi connectivity index (χ4v) is 2.55. The van der Waals surface area contributed by atoms with E-state index in [0.717, 1.165) is 16.9 Å². The molecule has 7 nitrogen and oxygen atoms in total. The smallest absolute Gasteiger partial charge is 0.297 e. The van der Waals surface area contributed by atoms with Crippen molar-refractivity contribution in [2.45, 2.75) is 6.42 Å². The molecule has 2 aromatic heterocycles. The van der Waals surface area contributed by atoms with Crippen molar-refractivity contribution in [1.29, 1.82) is 0 Å². The number of hydrogen-bond acceptors (Lipinski definition) is 4. The van der Waals surface area contributed by atoms with E-state index >= 15 is 0 Å². The maximum Gasteiger partial charge on any atom is 0.297 e. The Labute approximate surface area is 124 Å². The number of nitro groups is 1. The van der Waals surface area contributed by atoms with Gasteiger partial charge in [-0.25, -0.2) is 9.97 Å². The number of hydrogen-bond donors (Lipinski definition) is 2. The first kappa shape index (κ1) is 12.5. The number of aromatic nitrogens is 4. The molecule has 0 saturated heterocycles. The lowest BCUT2D eigenvalue weighted by molar-refractivity contribution is -0.383. The minimum Gasteiger partial charge on any atom is -0.342 e. The molecular weight excluding hydrogens is 282 g/mol. The average molecular weight is 293 g/mol. The molecule has 0 aliphatic carbocycles. The zero-order valence-corrected chi connectivity index (χ0v) is 11.4. The number of nitrogens with zero attached hydrogens (tertiary/aromatic N) is 3. The monoisotopic (exact) mass is 293 g/mol. The molecule has 0 amide bonds. The van der Waals surface area contributed by atoms with Gasteiger partial charge in [-0.3, -0.25) is 10.1 Å². The molecule has 2 heterocycles. The summed E-state index contributed by atoms with van der Waals surface area (Å²) in [6.07, 6.45) is 0.459. The molecule has 2 N–H and O–H groups in total. The average Bonchev–Trinajstić information content (AvgIpc) is 3.08. The molecule has 0 spiro atoms. The van der Waals surface area contributed by atoms with Crippen LogP contribution in [0.5, 0.6) is 0 Å². The van der Waals surface area contributed by atoms with Crippen molar-refractivity contribution >= 4 is 27.8 Å². The van der Waals surface area contributed by atoms with Crippen LogP contribution < -0.4 is 0 Å². The number of benzene rings is 2. The third-order valence-corrected chi connectivity index (χ3v) is 3.51. The van der Waals surface area contributed by atoms with Crippen LogP contribution in [0.15, 0.2) is 42.5 Å². The lowest BCUT2D eigenvalue weighted by atomic mass is 10.3. The topological polar surface area (TPSA) is 100 Å². The Balaban J connectivity index is 1.75. The maximum atomic E-state index is 11.0. The summed E-state index contributed by atoms with van der Waals surface area (Å²) in [5.41, 5.74) is 2.88. The fraction of sp³-hybridized carbons (Fsp3) is 0.0667. The van der Waals surface area contributed by atoms with Crippen molar-refractivity contribution in [1.82, 2.24) is 19.9 Å². The molecule has 0 unspecified atom stereocenters. The highest BCUT2D eigenvalue weighted by Crippen LogP contribution is 2.23. The summed E-state index contributed by atoms with van der Waals surface area (Å²) in [5, 5.41) is 11.0. The predicted octanol–water partition coefficient (Wildman–Crippen LogP) is 2.94. The van der Waals surface area contributed by atoms with Gasteiger partial charge in [-0.1, -0.05) is 18.2 Å². The van der Waals surface area contributed by atoms with Crippen LogP contribution in [0, 0.1) is 10.1 Å². The molecule has 0 bridgehead atoms. The molecule has 0 saturated carbocycles. The van der Waals surface area contributed by atoms with E-state index in [0.29, 0.717) is 23.3 Å². The zero-order chi connectivity index (χ0) is 15.1. The minimum atomic E-state index is -0.422. The Morgan fingerprint density at radius 2 is 1.68 bits per heavy atom. The van der Waals surface area contributed by atoms with Crippen LogP contribution >= 0.6 is 0 Å². The van der Waals surface area contributed by atoms with Gasteiger partial charge in [0, 0.05) is 6.07 Å². The summed E-state index contributed by atoms with van der Waals surface area (Å²) < 4.78 is 0. The van der Waals surface area contributed by atoms with Crippen LogP contribution in [0.3, 0.4) is 0 Å². The van der Waals surface area contributed by atoms with E-state index in [1.807, 2.05) is 24.3 Å². The van der Waals surface area contributed by atoms with Crippen molar-refractivity contribution in [2.24, 2.45) is 0 Å². The molecule has 4 aromatic rings. The van der Waals surface area contributed by atoms with E-state index in [1.165, 1.54) is 6.07 Å². The normalized spacial score (nSPS) is 11.3. The quantitative estimate of drug-likeness (QED) is 0.448. The molecule has 0 aliphatic heterocycles. The number of non-ortho nitro benzene ring substituents is 1. The Morgan fingerprint density at radius 1 is 0.955 bits per heavy atom. The second kappa shape index (κ2) is 4.66. The number of nitrogens with one attached hydrogen (secondary N) is 2. The van der Waals surface area contributed by atoms with Crippen molar-refractivity contribution < 1.29 is 4.92 Å². The summed E-state index contributed by atoms with van der Waals surface area (Å²) in [7, 11) is 0. The van der Waals surface area contributed by atoms with Crippen LogP contribution in [0.4, 0.5) is 5.69 Å². The maximum absolute atomic E-state index is 11.0. The number of nitro benzene ring substituents is 1. The summed E-state index contributed by atoms with van der Waals surface area (Å²) in [6, 6.07) is 12.6. The van der Waals surface area contributed by atoms with Gasteiger partial charge in [-0.15, -0.1) is 0 Å². The van der Waals surface area contributed by atoms with Crippen LogP contribution in [-0.4, -0.2) is 24.9 Å². The molecule has 0 aliphatic rings. The number of rotatable bonds is 3. The zero-order valence-electron chi connectivity index (χ0n) is 11.4. The summed E-state index contributed by atoms with van der Waals surface area (Å²) in [4.78, 5) is 25.8. The molecule has 4 rings (SSSR count). The Bertz CT molecular complexity index is 968. The molecule has 7 heteroatoms. The number of fused-ring (bicyclic) bond motifs is 2. The molecule has 22 heavy (non-hydrogen) atoms. The van der Waals surface area contributed by atoms with E-state index < -0.39 is 4.92 Å². The fourth-order valence-electron chi connectivity index (χ4n) is 2.55. The highest BCUT2D eigenvalue weighted by molar-refractivity contribution is 5.84. The van der Waals surface area contributed by atoms with Crippen LogP contribution in [0.25, 0.3) is 22.1 Å². The SMILES string of the molecule is O=[N+]([O-])c1cccc2[nH]c(Cc3nc4ccccc4[nH]3)nc12. The lowest BCUT2D eigenvalue weighted by Crippen LogP contribution is -1.93. The molecule has 0 radical (unpaired) electrons. The van der Waals surface area contributed by atoms with Gasteiger partial charge in [0.15, 0.2) is 5.52 Å². The number of para-hydroxylation sites is 3. The van der Waals surface area contributed by atoms with Crippen LogP contribution in [0.2, 0.25) is 0 Å². The van der Waals surface area contributed by atoms with Crippen LogP contribution in [0.1, 0.15) is 11.6 Å². The van der Waals surface area contributed by atoms with E-state index in [1.54, 1.807) is 12.1 Å². The minimum absolute atomic E-state index is 0.00426. The number of H-pyrrole nitrogens is 2. The summed E-state index contributed by atoms with van der Waals surface area (Å²) in [5.74, 6) is 1.41. The van der Waals surface area contributed by atoms with E-state index in [-0.39, 0.29) is 5.69 Å². The lowest BCUT2D eigenvalue weighted by Gasteiger charge is -1.90. The Morgan fingerprint density at radius 3 is 2.50 bits per heavy atom. The third-order valence-electron chi connectivity index (χ3n) is 3.51. The van der Waals surface area contributed by atoms with Gasteiger partial charge in [-0.2, -0.15) is 0 Å². The van der Waals surface area contributed by atoms with Gasteiger partial charge in [-0.05, 0) is 18.2 Å². The van der Waals surface area contributed by atoms with Crippen molar-refractivity contribution in [3.8, 4) is 0 Å². The third kappa shape index (κ3) is 1.99. The van der Waals surface area contributed by atoms with Crippen LogP contribution in [-0.2, 0) is 6.42 Å². The highest BCUT2D eigenvalue weighted by atomic mass is 16.6. The first-order valence-corrected chi connectivity index (χ1v) is 6.76. The van der Waals surface area contributed by atoms with Crippen molar-refractivity contribution in [3.05, 3.63) is 64.2 Å². The highest BCUT2D eigenvalue weighted by Gasteiger charge is 2.16. The molecular formula is C15H11N5O2. The molecule has 108 valence electrons. The largest absolute Gasteiger partial charge is 0.342 e. The van der Waals surface area contributed by atoms with Crippen molar-refractivity contribution in [2.75, 3.05) is 0 Å². The van der Waals surface area contributed by atoms with Gasteiger partial charge >= 0.3 is 0 Å². The van der Waals surface area contributed by atoms with Gasteiger partial charge in [0.05, 0.1) is 27.9 Å². The Kier molecular flexibility index (Phi) is 2.65.